The van der Waals surface area contributed by atoms with Gasteiger partial charge in [0.15, 0.2) is 0 Å². The number of rotatable bonds is 1. The summed E-state index contributed by atoms with van der Waals surface area (Å²) in [5.41, 5.74) is 2.45. The molecule has 0 aliphatic rings. The van der Waals surface area contributed by atoms with Crippen molar-refractivity contribution in [3.8, 4) is 11.1 Å². The molecule has 0 saturated heterocycles. The molecule has 0 fully saturated rings. The fraction of sp³-hybridized carbons (Fsp3) is 0. The SMILES string of the molecule is Clc1ccc2c3cc(-c4ccccc4)ccc3c3c4ccccc4c4ccccc4c3c2c1. The summed E-state index contributed by atoms with van der Waals surface area (Å²) in [6, 6.07) is 41.3. The standard InChI is InChI=1S/C32H19Cl/c33-22-15-17-25-29-18-21(20-8-2-1-3-9-20)14-16-28(29)31-26-12-6-4-10-23(26)24-11-5-7-13-27(24)32(31)30(25)19-22/h1-19H. The van der Waals surface area contributed by atoms with Crippen LogP contribution >= 0.6 is 11.6 Å². The van der Waals surface area contributed by atoms with Crippen molar-refractivity contribution >= 4 is 65.5 Å². The van der Waals surface area contributed by atoms with Crippen molar-refractivity contribution in [1.82, 2.24) is 0 Å². The highest BCUT2D eigenvalue weighted by Gasteiger charge is 2.16. The van der Waals surface area contributed by atoms with Crippen LogP contribution in [-0.2, 0) is 0 Å². The topological polar surface area (TPSA) is 0 Å². The zero-order chi connectivity index (χ0) is 21.9. The van der Waals surface area contributed by atoms with Crippen LogP contribution in [0.1, 0.15) is 0 Å². The molecular weight excluding hydrogens is 420 g/mol. The van der Waals surface area contributed by atoms with Crippen molar-refractivity contribution in [3.05, 3.63) is 120 Å². The lowest BCUT2D eigenvalue weighted by Gasteiger charge is -2.17. The van der Waals surface area contributed by atoms with Gasteiger partial charge in [0.05, 0.1) is 0 Å². The summed E-state index contributed by atoms with van der Waals surface area (Å²) in [6.45, 7) is 0. The Hall–Kier alpha value is -3.87. The predicted molar refractivity (Wildman–Crippen MR) is 144 cm³/mol. The highest BCUT2D eigenvalue weighted by Crippen LogP contribution is 2.44. The first-order valence-electron chi connectivity index (χ1n) is 11.2. The van der Waals surface area contributed by atoms with E-state index in [0.29, 0.717) is 0 Å². The van der Waals surface area contributed by atoms with Gasteiger partial charge in [0.25, 0.3) is 0 Å². The van der Waals surface area contributed by atoms with Gasteiger partial charge in [0.2, 0.25) is 0 Å². The van der Waals surface area contributed by atoms with Crippen molar-refractivity contribution < 1.29 is 0 Å². The van der Waals surface area contributed by atoms with Crippen molar-refractivity contribution in [2.45, 2.75) is 0 Å². The molecule has 0 aliphatic heterocycles. The lowest BCUT2D eigenvalue weighted by Crippen LogP contribution is -1.89. The Bertz CT molecular complexity index is 1860. The maximum absolute atomic E-state index is 6.57. The Kier molecular flexibility index (Phi) is 4.00. The van der Waals surface area contributed by atoms with Crippen molar-refractivity contribution in [3.63, 3.8) is 0 Å². The first kappa shape index (κ1) is 18.7. The zero-order valence-electron chi connectivity index (χ0n) is 17.8. The van der Waals surface area contributed by atoms with Gasteiger partial charge in [-0.2, -0.15) is 0 Å². The number of benzene rings is 7. The molecule has 7 aromatic carbocycles. The third kappa shape index (κ3) is 2.71. The van der Waals surface area contributed by atoms with E-state index in [4.69, 9.17) is 11.6 Å². The van der Waals surface area contributed by atoms with Crippen LogP contribution in [0.25, 0.3) is 65.0 Å². The van der Waals surface area contributed by atoms with Gasteiger partial charge in [0, 0.05) is 5.02 Å². The molecule has 33 heavy (non-hydrogen) atoms. The molecule has 0 atom stereocenters. The third-order valence-corrected chi connectivity index (χ3v) is 7.11. The van der Waals surface area contributed by atoms with Gasteiger partial charge in [-0.25, -0.2) is 0 Å². The van der Waals surface area contributed by atoms with Crippen LogP contribution in [0.3, 0.4) is 0 Å². The summed E-state index contributed by atoms with van der Waals surface area (Å²) in [7, 11) is 0. The molecule has 1 heteroatoms. The summed E-state index contributed by atoms with van der Waals surface area (Å²) in [6.07, 6.45) is 0. The smallest absolute Gasteiger partial charge is 0.0412 e. The van der Waals surface area contributed by atoms with E-state index in [1.165, 1.54) is 65.0 Å². The van der Waals surface area contributed by atoms with Crippen LogP contribution in [0.5, 0.6) is 0 Å². The maximum Gasteiger partial charge on any atom is 0.0412 e. The lowest BCUT2D eigenvalue weighted by molar-refractivity contribution is 1.65. The van der Waals surface area contributed by atoms with Gasteiger partial charge >= 0.3 is 0 Å². The number of hydrogen-bond donors (Lipinski definition) is 0. The van der Waals surface area contributed by atoms with Gasteiger partial charge in [-0.05, 0) is 83.2 Å². The highest BCUT2D eigenvalue weighted by molar-refractivity contribution is 6.40. The van der Waals surface area contributed by atoms with E-state index in [-0.39, 0.29) is 0 Å². The normalized spacial score (nSPS) is 11.8. The fourth-order valence-corrected chi connectivity index (χ4v) is 5.63. The fourth-order valence-electron chi connectivity index (χ4n) is 5.45. The summed E-state index contributed by atoms with van der Waals surface area (Å²) >= 11 is 6.57. The monoisotopic (exact) mass is 438 g/mol. The Morgan fingerprint density at radius 1 is 0.333 bits per heavy atom. The quantitative estimate of drug-likeness (QED) is 0.224. The molecule has 0 unspecified atom stereocenters. The minimum absolute atomic E-state index is 0.764. The molecule has 0 bridgehead atoms. The molecule has 7 aromatic rings. The molecular formula is C32H19Cl. The van der Waals surface area contributed by atoms with E-state index in [0.717, 1.165) is 5.02 Å². The highest BCUT2D eigenvalue weighted by atomic mass is 35.5. The molecule has 0 aromatic heterocycles. The van der Waals surface area contributed by atoms with Crippen LogP contribution in [-0.4, -0.2) is 0 Å². The van der Waals surface area contributed by atoms with Crippen LogP contribution in [0, 0.1) is 0 Å². The van der Waals surface area contributed by atoms with E-state index in [1.807, 2.05) is 6.07 Å². The van der Waals surface area contributed by atoms with E-state index < -0.39 is 0 Å². The van der Waals surface area contributed by atoms with Crippen molar-refractivity contribution in [2.75, 3.05) is 0 Å². The maximum atomic E-state index is 6.57. The molecule has 0 N–H and O–H groups in total. The molecule has 0 radical (unpaired) electrons. The van der Waals surface area contributed by atoms with Crippen LogP contribution in [0.4, 0.5) is 0 Å². The molecule has 0 spiro atoms. The van der Waals surface area contributed by atoms with E-state index in [2.05, 4.69) is 109 Å². The Balaban J connectivity index is 1.80. The second kappa shape index (κ2) is 7.07. The van der Waals surface area contributed by atoms with E-state index in [1.54, 1.807) is 0 Å². The van der Waals surface area contributed by atoms with Crippen LogP contribution in [0.2, 0.25) is 5.02 Å². The van der Waals surface area contributed by atoms with E-state index >= 15 is 0 Å². The Labute approximate surface area is 196 Å². The average molecular weight is 439 g/mol. The summed E-state index contributed by atoms with van der Waals surface area (Å²) < 4.78 is 0. The third-order valence-electron chi connectivity index (χ3n) is 6.87. The predicted octanol–water partition coefficient (Wildman–Crippen LogP) is 9.77. The second-order valence-electron chi connectivity index (χ2n) is 8.66. The number of hydrogen-bond acceptors (Lipinski definition) is 0. The minimum Gasteiger partial charge on any atom is -0.0843 e. The van der Waals surface area contributed by atoms with Crippen molar-refractivity contribution in [2.24, 2.45) is 0 Å². The minimum atomic E-state index is 0.764. The largest absolute Gasteiger partial charge is 0.0843 e. The molecule has 0 saturated carbocycles. The summed E-state index contributed by atoms with van der Waals surface area (Å²) in [5, 5.41) is 13.4. The summed E-state index contributed by atoms with van der Waals surface area (Å²) in [5.74, 6) is 0. The zero-order valence-corrected chi connectivity index (χ0v) is 18.6. The lowest BCUT2D eigenvalue weighted by atomic mass is 9.86. The first-order chi connectivity index (χ1) is 16.3. The van der Waals surface area contributed by atoms with E-state index in [9.17, 15) is 0 Å². The Morgan fingerprint density at radius 2 is 0.848 bits per heavy atom. The van der Waals surface area contributed by atoms with Gasteiger partial charge in [-0.15, -0.1) is 0 Å². The number of fused-ring (bicyclic) bond motifs is 11. The van der Waals surface area contributed by atoms with Crippen LogP contribution < -0.4 is 0 Å². The van der Waals surface area contributed by atoms with Gasteiger partial charge in [0.1, 0.15) is 0 Å². The van der Waals surface area contributed by atoms with Gasteiger partial charge in [-0.3, -0.25) is 0 Å². The second-order valence-corrected chi connectivity index (χ2v) is 9.09. The van der Waals surface area contributed by atoms with Crippen molar-refractivity contribution in [1.29, 1.82) is 0 Å². The molecule has 154 valence electrons. The molecule has 7 rings (SSSR count). The summed E-state index contributed by atoms with van der Waals surface area (Å²) in [4.78, 5) is 0. The molecule has 0 aliphatic carbocycles. The Morgan fingerprint density at radius 3 is 1.55 bits per heavy atom. The first-order valence-corrected chi connectivity index (χ1v) is 11.6. The van der Waals surface area contributed by atoms with Gasteiger partial charge < -0.3 is 0 Å². The molecule has 0 amide bonds. The molecule has 0 heterocycles. The van der Waals surface area contributed by atoms with Crippen LogP contribution in [0.15, 0.2) is 115 Å². The van der Waals surface area contributed by atoms with Gasteiger partial charge in [-0.1, -0.05) is 109 Å². The number of halogens is 1. The molecule has 0 nitrogen and oxygen atoms in total. The average Bonchev–Trinajstić information content (AvgIpc) is 2.88.